The van der Waals surface area contributed by atoms with Crippen LogP contribution < -0.4 is 10.6 Å². The third-order valence-electron chi connectivity index (χ3n) is 2.62. The zero-order chi connectivity index (χ0) is 14.2. The first-order valence-corrected chi connectivity index (χ1v) is 6.30. The maximum Gasteiger partial charge on any atom is 0.272 e. The molecule has 1 amide bonds. The summed E-state index contributed by atoms with van der Waals surface area (Å²) in [6, 6.07) is 13.1. The van der Waals surface area contributed by atoms with Crippen LogP contribution in [0.25, 0.3) is 0 Å². The van der Waals surface area contributed by atoms with Gasteiger partial charge >= 0.3 is 0 Å². The zero-order valence-electron chi connectivity index (χ0n) is 11.0. The van der Waals surface area contributed by atoms with Gasteiger partial charge in [-0.15, -0.1) is 16.8 Å². The Morgan fingerprint density at radius 1 is 1.15 bits per heavy atom. The highest BCUT2D eigenvalue weighted by Gasteiger charge is 2.07. The number of carbonyl (C=O) groups is 1. The first-order valence-electron chi connectivity index (χ1n) is 6.30. The van der Waals surface area contributed by atoms with Gasteiger partial charge in [-0.3, -0.25) is 4.79 Å². The minimum Gasteiger partial charge on any atom is -0.365 e. The standard InChI is InChI=1S/C15H16N4O/c1-2-10-16-14-9-8-13(18-19-14)15(20)17-11-12-6-4-3-5-7-12/h2-9H,1,10-11H2,(H,16,19)(H,17,20). The van der Waals surface area contributed by atoms with E-state index in [2.05, 4.69) is 27.4 Å². The molecule has 0 aliphatic rings. The van der Waals surface area contributed by atoms with Crippen LogP contribution in [0.3, 0.4) is 0 Å². The van der Waals surface area contributed by atoms with Crippen LogP contribution >= 0.6 is 0 Å². The predicted molar refractivity (Wildman–Crippen MR) is 78.3 cm³/mol. The minimum atomic E-state index is -0.239. The van der Waals surface area contributed by atoms with E-state index >= 15 is 0 Å². The van der Waals surface area contributed by atoms with Crippen LogP contribution in [-0.4, -0.2) is 22.6 Å². The lowest BCUT2D eigenvalue weighted by molar-refractivity contribution is 0.0945. The molecule has 0 radical (unpaired) electrons. The fraction of sp³-hybridized carbons (Fsp3) is 0.133. The molecule has 0 saturated carbocycles. The van der Waals surface area contributed by atoms with Crippen LogP contribution in [0.4, 0.5) is 5.82 Å². The predicted octanol–water partition coefficient (Wildman–Crippen LogP) is 2.00. The molecule has 0 aliphatic carbocycles. The molecule has 102 valence electrons. The molecule has 0 saturated heterocycles. The summed E-state index contributed by atoms with van der Waals surface area (Å²) in [7, 11) is 0. The third-order valence-corrected chi connectivity index (χ3v) is 2.62. The van der Waals surface area contributed by atoms with Crippen molar-refractivity contribution >= 4 is 11.7 Å². The first kappa shape index (κ1) is 13.7. The number of nitrogens with one attached hydrogen (secondary N) is 2. The number of carbonyl (C=O) groups excluding carboxylic acids is 1. The fourth-order valence-electron chi connectivity index (χ4n) is 1.59. The van der Waals surface area contributed by atoms with E-state index in [4.69, 9.17) is 0 Å². The second-order valence-electron chi connectivity index (χ2n) is 4.14. The zero-order valence-corrected chi connectivity index (χ0v) is 11.0. The Morgan fingerprint density at radius 2 is 1.95 bits per heavy atom. The van der Waals surface area contributed by atoms with Gasteiger partial charge in [0.1, 0.15) is 5.82 Å². The lowest BCUT2D eigenvalue weighted by Crippen LogP contribution is -2.24. The Bertz CT molecular complexity index is 566. The number of benzene rings is 1. The van der Waals surface area contributed by atoms with E-state index in [0.717, 1.165) is 5.56 Å². The fourth-order valence-corrected chi connectivity index (χ4v) is 1.59. The Hall–Kier alpha value is -2.69. The summed E-state index contributed by atoms with van der Waals surface area (Å²) < 4.78 is 0. The van der Waals surface area contributed by atoms with Gasteiger partial charge in [-0.25, -0.2) is 0 Å². The van der Waals surface area contributed by atoms with E-state index in [9.17, 15) is 4.79 Å². The van der Waals surface area contributed by atoms with Crippen molar-refractivity contribution in [3.8, 4) is 0 Å². The minimum absolute atomic E-state index is 0.239. The average molecular weight is 268 g/mol. The molecule has 0 aliphatic heterocycles. The van der Waals surface area contributed by atoms with E-state index in [-0.39, 0.29) is 5.91 Å². The van der Waals surface area contributed by atoms with Gasteiger partial charge in [-0.2, -0.15) is 0 Å². The summed E-state index contributed by atoms with van der Waals surface area (Å²) in [4.78, 5) is 11.9. The van der Waals surface area contributed by atoms with Crippen LogP contribution in [-0.2, 0) is 6.54 Å². The number of aromatic nitrogens is 2. The molecule has 0 unspecified atom stereocenters. The normalized spacial score (nSPS) is 9.80. The molecule has 5 heteroatoms. The Morgan fingerprint density at radius 3 is 2.60 bits per heavy atom. The summed E-state index contributed by atoms with van der Waals surface area (Å²) in [6.45, 7) is 4.68. The van der Waals surface area contributed by atoms with Gasteiger partial charge in [0.05, 0.1) is 0 Å². The Labute approximate surface area is 117 Å². The molecule has 20 heavy (non-hydrogen) atoms. The highest BCUT2D eigenvalue weighted by atomic mass is 16.1. The molecule has 2 rings (SSSR count). The highest BCUT2D eigenvalue weighted by molar-refractivity contribution is 5.92. The van der Waals surface area contributed by atoms with Gasteiger partial charge in [0, 0.05) is 13.1 Å². The van der Waals surface area contributed by atoms with Gasteiger partial charge < -0.3 is 10.6 Å². The van der Waals surface area contributed by atoms with Gasteiger partial charge in [0.15, 0.2) is 5.69 Å². The topological polar surface area (TPSA) is 66.9 Å². The van der Waals surface area contributed by atoms with E-state index < -0.39 is 0 Å². The van der Waals surface area contributed by atoms with Crippen molar-refractivity contribution in [2.24, 2.45) is 0 Å². The van der Waals surface area contributed by atoms with Crippen LogP contribution in [0.5, 0.6) is 0 Å². The number of nitrogens with zero attached hydrogens (tertiary/aromatic N) is 2. The van der Waals surface area contributed by atoms with E-state index in [1.54, 1.807) is 18.2 Å². The van der Waals surface area contributed by atoms with Gasteiger partial charge in [0.2, 0.25) is 0 Å². The summed E-state index contributed by atoms with van der Waals surface area (Å²) in [5.41, 5.74) is 1.34. The van der Waals surface area contributed by atoms with Crippen LogP contribution in [0.15, 0.2) is 55.1 Å². The molecule has 1 heterocycles. The smallest absolute Gasteiger partial charge is 0.272 e. The van der Waals surface area contributed by atoms with Crippen molar-refractivity contribution in [1.82, 2.24) is 15.5 Å². The van der Waals surface area contributed by atoms with Gasteiger partial charge in [-0.05, 0) is 17.7 Å². The second kappa shape index (κ2) is 7.04. The Balaban J connectivity index is 1.90. The molecular weight excluding hydrogens is 252 g/mol. The van der Waals surface area contributed by atoms with E-state index in [1.165, 1.54) is 0 Å². The van der Waals surface area contributed by atoms with Crippen molar-refractivity contribution in [1.29, 1.82) is 0 Å². The second-order valence-corrected chi connectivity index (χ2v) is 4.14. The summed E-state index contributed by atoms with van der Waals surface area (Å²) in [5.74, 6) is 0.376. The molecule has 2 aromatic rings. The summed E-state index contributed by atoms with van der Waals surface area (Å²) in [5, 5.41) is 13.6. The molecule has 0 fully saturated rings. The van der Waals surface area contributed by atoms with Crippen molar-refractivity contribution < 1.29 is 4.79 Å². The van der Waals surface area contributed by atoms with Crippen molar-refractivity contribution in [2.45, 2.75) is 6.54 Å². The maximum atomic E-state index is 11.9. The SMILES string of the molecule is C=CCNc1ccc(C(=O)NCc2ccccc2)nn1. The summed E-state index contributed by atoms with van der Waals surface area (Å²) >= 11 is 0. The number of hydrogen-bond donors (Lipinski definition) is 2. The van der Waals surface area contributed by atoms with Crippen molar-refractivity contribution in [2.75, 3.05) is 11.9 Å². The molecule has 1 aromatic carbocycles. The third kappa shape index (κ3) is 3.91. The maximum absolute atomic E-state index is 11.9. The van der Waals surface area contributed by atoms with Crippen LogP contribution in [0.1, 0.15) is 16.1 Å². The first-order chi connectivity index (χ1) is 9.79. The van der Waals surface area contributed by atoms with Crippen LogP contribution in [0, 0.1) is 0 Å². The molecule has 2 N–H and O–H groups in total. The Kier molecular flexibility index (Phi) is 4.83. The number of amides is 1. The molecule has 0 atom stereocenters. The quantitative estimate of drug-likeness (QED) is 0.786. The molecule has 0 spiro atoms. The number of rotatable bonds is 6. The van der Waals surface area contributed by atoms with Crippen molar-refractivity contribution in [3.63, 3.8) is 0 Å². The largest absolute Gasteiger partial charge is 0.365 e. The lowest BCUT2D eigenvalue weighted by Gasteiger charge is -2.05. The summed E-state index contributed by atoms with van der Waals surface area (Å²) in [6.07, 6.45) is 1.72. The molecule has 5 nitrogen and oxygen atoms in total. The van der Waals surface area contributed by atoms with Gasteiger partial charge in [0.25, 0.3) is 5.91 Å². The van der Waals surface area contributed by atoms with Crippen LogP contribution in [0.2, 0.25) is 0 Å². The number of anilines is 1. The highest BCUT2D eigenvalue weighted by Crippen LogP contribution is 2.03. The molecular formula is C15H16N4O. The monoisotopic (exact) mass is 268 g/mol. The lowest BCUT2D eigenvalue weighted by atomic mass is 10.2. The van der Waals surface area contributed by atoms with Crippen molar-refractivity contribution in [3.05, 3.63) is 66.4 Å². The van der Waals surface area contributed by atoms with Gasteiger partial charge in [-0.1, -0.05) is 36.4 Å². The average Bonchev–Trinajstić information content (AvgIpc) is 2.52. The number of hydrogen-bond acceptors (Lipinski definition) is 4. The molecule has 0 bridgehead atoms. The van der Waals surface area contributed by atoms with E-state index in [1.807, 2.05) is 30.3 Å². The molecule has 1 aromatic heterocycles. The van der Waals surface area contributed by atoms with E-state index in [0.29, 0.717) is 24.6 Å².